The Balaban J connectivity index is 1.65. The normalized spacial score (nSPS) is 14.4. The molecule has 1 aliphatic heterocycles. The quantitative estimate of drug-likeness (QED) is 0.196. The Bertz CT molecular complexity index is 611. The number of thiophene rings is 2. The standard InChI is InChI=1S/C24H38GeS2/c1-3-5-7-9-11-13-17-25(18-14-12-10-8-6-4-2)21-15-19-26-23(21)24-22(25)16-20-27-24/h15-16,19-20H,3-14,17-18H2,1-2H3. The van der Waals surface area contributed by atoms with Crippen molar-refractivity contribution in [3.8, 4) is 9.75 Å². The number of hydrogen-bond donors (Lipinski definition) is 0. The predicted molar refractivity (Wildman–Crippen MR) is 129 cm³/mol. The van der Waals surface area contributed by atoms with Crippen molar-refractivity contribution in [3.63, 3.8) is 0 Å². The summed E-state index contributed by atoms with van der Waals surface area (Å²) in [5, 5.41) is 7.87. The SMILES string of the molecule is CCCCCCC[CH2][Ge]1([CH2]CCCCCCC)[c]2ccsc2-c2scc[c]21. The summed E-state index contributed by atoms with van der Waals surface area (Å²) in [6.45, 7) is 4.64. The molecule has 0 unspecified atom stereocenters. The van der Waals surface area contributed by atoms with Crippen molar-refractivity contribution in [3.05, 3.63) is 22.9 Å². The van der Waals surface area contributed by atoms with Gasteiger partial charge in [-0.1, -0.05) is 0 Å². The topological polar surface area (TPSA) is 0 Å². The molecule has 0 radical (unpaired) electrons. The van der Waals surface area contributed by atoms with Crippen LogP contribution < -0.4 is 8.79 Å². The molecule has 150 valence electrons. The first-order valence-electron chi connectivity index (χ1n) is 11.5. The summed E-state index contributed by atoms with van der Waals surface area (Å²) in [7, 11) is 0. The zero-order chi connectivity index (χ0) is 19.0. The van der Waals surface area contributed by atoms with E-state index in [-0.39, 0.29) is 0 Å². The van der Waals surface area contributed by atoms with Gasteiger partial charge in [0, 0.05) is 0 Å². The molecule has 0 saturated heterocycles. The molecule has 0 spiro atoms. The van der Waals surface area contributed by atoms with Crippen LogP contribution in [-0.2, 0) is 0 Å². The molecule has 3 rings (SSSR count). The van der Waals surface area contributed by atoms with Crippen LogP contribution in [0.15, 0.2) is 22.9 Å². The molecule has 0 N–H and O–H groups in total. The van der Waals surface area contributed by atoms with Crippen molar-refractivity contribution in [2.45, 2.75) is 101 Å². The van der Waals surface area contributed by atoms with Gasteiger partial charge in [0.25, 0.3) is 0 Å². The van der Waals surface area contributed by atoms with Crippen LogP contribution in [0.4, 0.5) is 0 Å². The van der Waals surface area contributed by atoms with Gasteiger partial charge in [0.2, 0.25) is 0 Å². The fraction of sp³-hybridized carbons (Fsp3) is 0.667. The van der Waals surface area contributed by atoms with Crippen molar-refractivity contribution < 1.29 is 0 Å². The van der Waals surface area contributed by atoms with Crippen LogP contribution in [0.1, 0.15) is 90.9 Å². The van der Waals surface area contributed by atoms with E-state index in [1.165, 1.54) is 77.0 Å². The molecule has 0 bridgehead atoms. The fourth-order valence-corrected chi connectivity index (χ4v) is 21.4. The second-order valence-corrected chi connectivity index (χ2v) is 19.2. The molecule has 0 atom stereocenters. The molecule has 0 fully saturated rings. The van der Waals surface area contributed by atoms with Crippen LogP contribution in [0.3, 0.4) is 0 Å². The van der Waals surface area contributed by atoms with E-state index in [0.29, 0.717) is 0 Å². The fourth-order valence-electron chi connectivity index (χ4n) is 4.95. The minimum absolute atomic E-state index is 1.36. The zero-order valence-electron chi connectivity index (χ0n) is 17.5. The third kappa shape index (κ3) is 5.11. The first kappa shape index (κ1) is 21.6. The molecular weight excluding hydrogens is 425 g/mol. The molecule has 1 aliphatic rings. The maximum atomic E-state index is 2.54. The van der Waals surface area contributed by atoms with Gasteiger partial charge < -0.3 is 0 Å². The van der Waals surface area contributed by atoms with E-state index < -0.39 is 13.3 Å². The number of rotatable bonds is 14. The molecule has 0 amide bonds. The van der Waals surface area contributed by atoms with Crippen LogP contribution in [0.25, 0.3) is 9.75 Å². The maximum absolute atomic E-state index is 2.54. The number of fused-ring (bicyclic) bond motifs is 3. The van der Waals surface area contributed by atoms with Gasteiger partial charge in [-0.3, -0.25) is 0 Å². The Morgan fingerprint density at radius 2 is 1.00 bits per heavy atom. The average Bonchev–Trinajstić information content (AvgIpc) is 3.38. The van der Waals surface area contributed by atoms with Crippen molar-refractivity contribution in [2.24, 2.45) is 0 Å². The van der Waals surface area contributed by atoms with Crippen molar-refractivity contribution in [2.75, 3.05) is 0 Å². The average molecular weight is 463 g/mol. The van der Waals surface area contributed by atoms with Gasteiger partial charge in [0.05, 0.1) is 0 Å². The number of hydrogen-bond acceptors (Lipinski definition) is 2. The third-order valence-electron chi connectivity index (χ3n) is 6.48. The molecule has 2 aromatic heterocycles. The molecule has 0 nitrogen and oxygen atoms in total. The Hall–Kier alpha value is -0.0571. The third-order valence-corrected chi connectivity index (χ3v) is 20.4. The van der Waals surface area contributed by atoms with Crippen molar-refractivity contribution >= 4 is 44.7 Å². The van der Waals surface area contributed by atoms with E-state index >= 15 is 0 Å². The minimum atomic E-state index is -2.12. The second-order valence-electron chi connectivity index (χ2n) is 8.44. The zero-order valence-corrected chi connectivity index (χ0v) is 21.3. The van der Waals surface area contributed by atoms with Gasteiger partial charge in [-0.05, 0) is 0 Å². The van der Waals surface area contributed by atoms with Gasteiger partial charge in [0.1, 0.15) is 0 Å². The first-order valence-corrected chi connectivity index (χ1v) is 18.3. The molecule has 0 aromatic carbocycles. The van der Waals surface area contributed by atoms with Crippen LogP contribution >= 0.6 is 22.7 Å². The summed E-state index contributed by atoms with van der Waals surface area (Å²) in [5.41, 5.74) is 0. The Morgan fingerprint density at radius 1 is 0.593 bits per heavy atom. The molecule has 3 heteroatoms. The molecule has 0 aliphatic carbocycles. The van der Waals surface area contributed by atoms with E-state index in [1.807, 2.05) is 31.5 Å². The van der Waals surface area contributed by atoms with Gasteiger partial charge in [-0.25, -0.2) is 0 Å². The van der Waals surface area contributed by atoms with E-state index in [1.54, 1.807) is 20.3 Å². The summed E-state index contributed by atoms with van der Waals surface area (Å²) in [5.74, 6) is 0. The number of unbranched alkanes of at least 4 members (excludes halogenated alkanes) is 10. The molecule has 3 heterocycles. The Morgan fingerprint density at radius 3 is 1.44 bits per heavy atom. The Labute approximate surface area is 178 Å². The summed E-state index contributed by atoms with van der Waals surface area (Å²) < 4.78 is 3.73. The first-order chi connectivity index (χ1) is 13.3. The molecular formula is C24H38GeS2. The van der Waals surface area contributed by atoms with Gasteiger partial charge in [-0.2, -0.15) is 0 Å². The summed E-state index contributed by atoms with van der Waals surface area (Å²) in [6.07, 6.45) is 17.2. The molecule has 2 aromatic rings. The summed E-state index contributed by atoms with van der Waals surface area (Å²) in [4.78, 5) is 3.36. The van der Waals surface area contributed by atoms with E-state index in [2.05, 4.69) is 36.7 Å². The molecule has 27 heavy (non-hydrogen) atoms. The van der Waals surface area contributed by atoms with Crippen molar-refractivity contribution in [1.82, 2.24) is 0 Å². The Kier molecular flexibility index (Phi) is 8.99. The second kappa shape index (κ2) is 11.2. The summed E-state index contributed by atoms with van der Waals surface area (Å²) in [6, 6.07) is 5.09. The van der Waals surface area contributed by atoms with Gasteiger partial charge >= 0.3 is 179 Å². The van der Waals surface area contributed by atoms with Crippen LogP contribution in [0, 0.1) is 0 Å². The molecule has 0 saturated carbocycles. The predicted octanol–water partition coefficient (Wildman–Crippen LogP) is 8.07. The van der Waals surface area contributed by atoms with Crippen molar-refractivity contribution in [1.29, 1.82) is 0 Å². The van der Waals surface area contributed by atoms with Crippen LogP contribution in [0.2, 0.25) is 10.5 Å². The van der Waals surface area contributed by atoms with Crippen LogP contribution in [-0.4, -0.2) is 13.3 Å². The van der Waals surface area contributed by atoms with Gasteiger partial charge in [0.15, 0.2) is 0 Å². The summed E-state index contributed by atoms with van der Waals surface area (Å²) >= 11 is 1.92. The van der Waals surface area contributed by atoms with Gasteiger partial charge in [-0.15, -0.1) is 0 Å². The van der Waals surface area contributed by atoms with Crippen LogP contribution in [0.5, 0.6) is 0 Å². The van der Waals surface area contributed by atoms with E-state index in [4.69, 9.17) is 0 Å². The monoisotopic (exact) mass is 464 g/mol. The van der Waals surface area contributed by atoms with E-state index in [0.717, 1.165) is 0 Å². The van der Waals surface area contributed by atoms with E-state index in [9.17, 15) is 0 Å².